The molecule has 0 aliphatic rings. The number of carbonyl (C=O) groups is 1. The van der Waals surface area contributed by atoms with Crippen molar-refractivity contribution in [2.75, 3.05) is 5.32 Å². The van der Waals surface area contributed by atoms with Crippen LogP contribution in [-0.4, -0.2) is 31.6 Å². The molecule has 3 aromatic rings. The lowest BCUT2D eigenvalue weighted by Crippen LogP contribution is -2.34. The first-order valence-electron chi connectivity index (χ1n) is 9.78. The van der Waals surface area contributed by atoms with Gasteiger partial charge in [0.25, 0.3) is 5.56 Å². The number of amides is 1. The number of hydrogen-bond donors (Lipinski definition) is 1. The molecule has 2 heterocycles. The molecule has 0 aliphatic carbocycles. The van der Waals surface area contributed by atoms with Crippen LogP contribution in [0.1, 0.15) is 29.6 Å². The summed E-state index contributed by atoms with van der Waals surface area (Å²) in [5.74, 6) is -0.750. The molecular formula is C21H22F3N5O3. The Kier molecular flexibility index (Phi) is 6.37. The number of nitrogens with one attached hydrogen (secondary N) is 1. The number of ether oxygens (including phenoxy) is 1. The van der Waals surface area contributed by atoms with Crippen molar-refractivity contribution in [2.45, 2.75) is 47.0 Å². The van der Waals surface area contributed by atoms with Crippen LogP contribution < -0.4 is 15.6 Å². The highest BCUT2D eigenvalue weighted by molar-refractivity contribution is 5.90. The Balaban J connectivity index is 1.90. The van der Waals surface area contributed by atoms with Crippen LogP contribution in [0.25, 0.3) is 5.95 Å². The van der Waals surface area contributed by atoms with Crippen LogP contribution in [0.3, 0.4) is 0 Å². The zero-order chi connectivity index (χ0) is 23.6. The normalized spacial score (nSPS) is 11.5. The largest absolute Gasteiger partial charge is 0.573 e. The first kappa shape index (κ1) is 23.0. The zero-order valence-electron chi connectivity index (χ0n) is 17.9. The predicted octanol–water partition coefficient (Wildman–Crippen LogP) is 3.45. The molecule has 0 aliphatic heterocycles. The van der Waals surface area contributed by atoms with Crippen molar-refractivity contribution < 1.29 is 22.7 Å². The summed E-state index contributed by atoms with van der Waals surface area (Å²) in [6.07, 6.45) is -4.36. The molecule has 0 fully saturated rings. The molecule has 0 unspecified atom stereocenters. The molecule has 3 rings (SSSR count). The maximum Gasteiger partial charge on any atom is 0.573 e. The maximum absolute atomic E-state index is 13.1. The molecule has 1 aromatic carbocycles. The van der Waals surface area contributed by atoms with Crippen molar-refractivity contribution in [1.29, 1.82) is 0 Å². The summed E-state index contributed by atoms with van der Waals surface area (Å²) in [5.41, 5.74) is 2.40. The first-order valence-corrected chi connectivity index (χ1v) is 9.78. The topological polar surface area (TPSA) is 91.0 Å². The Morgan fingerprint density at radius 1 is 1.16 bits per heavy atom. The van der Waals surface area contributed by atoms with Gasteiger partial charge in [-0.15, -0.1) is 13.2 Å². The molecule has 0 radical (unpaired) electrons. The van der Waals surface area contributed by atoms with E-state index in [0.29, 0.717) is 17.7 Å². The van der Waals surface area contributed by atoms with Gasteiger partial charge in [-0.1, -0.05) is 6.92 Å². The van der Waals surface area contributed by atoms with Gasteiger partial charge in [0.2, 0.25) is 11.9 Å². The van der Waals surface area contributed by atoms with E-state index >= 15 is 0 Å². The number of alkyl halides is 3. The third kappa shape index (κ3) is 5.16. The monoisotopic (exact) mass is 449 g/mol. The smallest absolute Gasteiger partial charge is 0.406 e. The molecular weight excluding hydrogens is 427 g/mol. The molecule has 2 aromatic heterocycles. The maximum atomic E-state index is 13.1. The molecule has 0 spiro atoms. The molecule has 1 amide bonds. The van der Waals surface area contributed by atoms with Gasteiger partial charge in [0.15, 0.2) is 0 Å². The Bertz CT molecular complexity index is 1200. The van der Waals surface area contributed by atoms with Gasteiger partial charge in [-0.05, 0) is 57.5 Å². The Labute approximate surface area is 181 Å². The summed E-state index contributed by atoms with van der Waals surface area (Å²) in [6.45, 7) is 6.81. The van der Waals surface area contributed by atoms with Gasteiger partial charge < -0.3 is 10.1 Å². The van der Waals surface area contributed by atoms with Gasteiger partial charge in [-0.3, -0.25) is 14.2 Å². The van der Waals surface area contributed by atoms with Gasteiger partial charge in [0.1, 0.15) is 12.3 Å². The van der Waals surface area contributed by atoms with Crippen LogP contribution in [0.2, 0.25) is 0 Å². The summed E-state index contributed by atoms with van der Waals surface area (Å²) in [6, 6.07) is 6.53. The highest BCUT2D eigenvalue weighted by Gasteiger charge is 2.31. The third-order valence-corrected chi connectivity index (χ3v) is 4.68. The van der Waals surface area contributed by atoms with E-state index in [2.05, 4.69) is 20.1 Å². The number of hydrogen-bond acceptors (Lipinski definition) is 5. The minimum atomic E-state index is -4.80. The fraction of sp³-hybridized carbons (Fsp3) is 0.333. The van der Waals surface area contributed by atoms with E-state index in [1.54, 1.807) is 13.8 Å². The lowest BCUT2D eigenvalue weighted by molar-refractivity contribution is -0.274. The van der Waals surface area contributed by atoms with Gasteiger partial charge in [0.05, 0.1) is 11.4 Å². The van der Waals surface area contributed by atoms with Crippen molar-refractivity contribution in [3.63, 3.8) is 0 Å². The number of aromatic nitrogens is 4. The van der Waals surface area contributed by atoms with Crippen molar-refractivity contribution in [3.8, 4) is 11.7 Å². The van der Waals surface area contributed by atoms with Crippen molar-refractivity contribution in [2.24, 2.45) is 0 Å². The second-order valence-electron chi connectivity index (χ2n) is 7.18. The summed E-state index contributed by atoms with van der Waals surface area (Å²) < 4.78 is 43.4. The Hall–Kier alpha value is -3.63. The highest BCUT2D eigenvalue weighted by Crippen LogP contribution is 2.24. The number of anilines is 1. The molecule has 0 atom stereocenters. The SMILES string of the molecule is CCc1c(C)nc(-n2nc(C)cc2C)n(CC(=O)Nc2ccc(OC(F)(F)F)cc2)c1=O. The summed E-state index contributed by atoms with van der Waals surface area (Å²) in [5, 5.41) is 6.93. The average Bonchev–Trinajstić information content (AvgIpc) is 3.02. The lowest BCUT2D eigenvalue weighted by Gasteiger charge is -2.16. The van der Waals surface area contributed by atoms with E-state index in [0.717, 1.165) is 23.5 Å². The van der Waals surface area contributed by atoms with Gasteiger partial charge in [-0.25, -0.2) is 9.67 Å². The van der Waals surface area contributed by atoms with Crippen LogP contribution >= 0.6 is 0 Å². The minimum Gasteiger partial charge on any atom is -0.406 e. The van der Waals surface area contributed by atoms with Crippen LogP contribution in [0.4, 0.5) is 18.9 Å². The number of carbonyl (C=O) groups excluding carboxylic acids is 1. The first-order chi connectivity index (χ1) is 15.0. The highest BCUT2D eigenvalue weighted by atomic mass is 19.4. The van der Waals surface area contributed by atoms with Crippen molar-refractivity contribution in [3.05, 3.63) is 63.3 Å². The quantitative estimate of drug-likeness (QED) is 0.623. The fourth-order valence-electron chi connectivity index (χ4n) is 3.31. The Morgan fingerprint density at radius 3 is 2.34 bits per heavy atom. The summed E-state index contributed by atoms with van der Waals surface area (Å²) >= 11 is 0. The lowest BCUT2D eigenvalue weighted by atomic mass is 10.2. The van der Waals surface area contributed by atoms with E-state index in [4.69, 9.17) is 0 Å². The van der Waals surface area contributed by atoms with Crippen molar-refractivity contribution >= 4 is 11.6 Å². The van der Waals surface area contributed by atoms with E-state index in [-0.39, 0.29) is 23.7 Å². The average molecular weight is 449 g/mol. The summed E-state index contributed by atoms with van der Waals surface area (Å²) in [4.78, 5) is 30.3. The molecule has 11 heteroatoms. The second kappa shape index (κ2) is 8.85. The number of aryl methyl sites for hydroxylation is 3. The number of rotatable bonds is 6. The third-order valence-electron chi connectivity index (χ3n) is 4.68. The van der Waals surface area contributed by atoms with E-state index in [9.17, 15) is 22.8 Å². The van der Waals surface area contributed by atoms with Crippen LogP contribution in [0.5, 0.6) is 5.75 Å². The molecule has 1 N–H and O–H groups in total. The summed E-state index contributed by atoms with van der Waals surface area (Å²) in [7, 11) is 0. The van der Waals surface area contributed by atoms with Crippen LogP contribution in [0.15, 0.2) is 35.1 Å². The van der Waals surface area contributed by atoms with Crippen LogP contribution in [0, 0.1) is 20.8 Å². The molecule has 32 heavy (non-hydrogen) atoms. The van der Waals surface area contributed by atoms with Gasteiger partial charge >= 0.3 is 6.36 Å². The molecule has 170 valence electrons. The van der Waals surface area contributed by atoms with Crippen LogP contribution in [-0.2, 0) is 17.8 Å². The second-order valence-corrected chi connectivity index (χ2v) is 7.18. The Morgan fingerprint density at radius 2 is 1.81 bits per heavy atom. The molecule has 0 saturated carbocycles. The molecule has 0 bridgehead atoms. The fourth-order valence-corrected chi connectivity index (χ4v) is 3.31. The number of nitrogens with zero attached hydrogens (tertiary/aromatic N) is 4. The minimum absolute atomic E-state index is 0.208. The molecule has 0 saturated heterocycles. The molecule has 8 nitrogen and oxygen atoms in total. The number of benzene rings is 1. The van der Waals surface area contributed by atoms with Crippen molar-refractivity contribution in [1.82, 2.24) is 19.3 Å². The zero-order valence-corrected chi connectivity index (χ0v) is 17.9. The number of halogens is 3. The van der Waals surface area contributed by atoms with E-state index in [1.165, 1.54) is 21.4 Å². The van der Waals surface area contributed by atoms with Gasteiger partial charge in [-0.2, -0.15) is 5.10 Å². The predicted molar refractivity (Wildman–Crippen MR) is 111 cm³/mol. The van der Waals surface area contributed by atoms with E-state index < -0.39 is 18.0 Å². The van der Waals surface area contributed by atoms with Gasteiger partial charge in [0, 0.05) is 16.9 Å². The van der Waals surface area contributed by atoms with E-state index in [1.807, 2.05) is 19.9 Å². The standard InChI is InChI=1S/C21H22F3N5O3/c1-5-17-14(4)25-20(29-13(3)10-12(2)27-29)28(19(17)31)11-18(30)26-15-6-8-16(9-7-15)32-21(22,23)24/h6-10H,5,11H2,1-4H3,(H,26,30).